The Morgan fingerprint density at radius 1 is 1.27 bits per heavy atom. The number of ether oxygens (including phenoxy) is 1. The minimum Gasteiger partial charge on any atom is -0.381 e. The Bertz CT molecular complexity index is 690. The number of amides is 1. The summed E-state index contributed by atoms with van der Waals surface area (Å²) in [5.74, 6) is 0.226. The number of nitrogens with one attached hydrogen (secondary N) is 1. The molecule has 144 valence electrons. The number of sulfonamides is 1. The van der Waals surface area contributed by atoms with Crippen LogP contribution in [0.1, 0.15) is 31.4 Å². The lowest BCUT2D eigenvalue weighted by molar-refractivity contribution is -0.140. The highest BCUT2D eigenvalue weighted by Crippen LogP contribution is 2.23. The lowest BCUT2D eigenvalue weighted by Crippen LogP contribution is -2.46. The molecule has 2 aliphatic rings. The second-order valence-corrected chi connectivity index (χ2v) is 8.95. The van der Waals surface area contributed by atoms with Crippen molar-refractivity contribution in [3.05, 3.63) is 30.1 Å². The van der Waals surface area contributed by atoms with Crippen molar-refractivity contribution in [3.8, 4) is 0 Å². The van der Waals surface area contributed by atoms with Crippen molar-refractivity contribution in [2.24, 2.45) is 11.8 Å². The summed E-state index contributed by atoms with van der Waals surface area (Å²) in [5, 5.41) is 0. The number of carbonyl (C=O) groups is 1. The lowest BCUT2D eigenvalue weighted by Gasteiger charge is -2.35. The zero-order chi connectivity index (χ0) is 18.4. The molecular weight excluding hydrogens is 354 g/mol. The fraction of sp³-hybridized carbons (Fsp3) is 0.667. The molecule has 8 heteroatoms. The Morgan fingerprint density at radius 2 is 2.08 bits per heavy atom. The molecule has 1 atom stereocenters. The molecule has 2 saturated heterocycles. The summed E-state index contributed by atoms with van der Waals surface area (Å²) in [6.45, 7) is 2.73. The van der Waals surface area contributed by atoms with E-state index >= 15 is 0 Å². The van der Waals surface area contributed by atoms with Gasteiger partial charge in [0, 0.05) is 38.4 Å². The number of aromatic nitrogens is 1. The van der Waals surface area contributed by atoms with E-state index in [9.17, 15) is 13.2 Å². The monoisotopic (exact) mass is 381 g/mol. The van der Waals surface area contributed by atoms with Crippen LogP contribution in [0.3, 0.4) is 0 Å². The number of rotatable bonds is 6. The van der Waals surface area contributed by atoms with Gasteiger partial charge in [-0.1, -0.05) is 6.07 Å². The molecule has 1 N–H and O–H groups in total. The van der Waals surface area contributed by atoms with E-state index in [0.717, 1.165) is 32.2 Å². The van der Waals surface area contributed by atoms with E-state index in [4.69, 9.17) is 4.74 Å². The van der Waals surface area contributed by atoms with E-state index in [-0.39, 0.29) is 30.0 Å². The van der Waals surface area contributed by atoms with Crippen molar-refractivity contribution < 1.29 is 17.9 Å². The predicted octanol–water partition coefficient (Wildman–Crippen LogP) is 1.17. The Kier molecular flexibility index (Phi) is 6.61. The number of hydrogen-bond acceptors (Lipinski definition) is 5. The third kappa shape index (κ3) is 5.49. The van der Waals surface area contributed by atoms with Gasteiger partial charge in [0.2, 0.25) is 15.9 Å². The Labute approximate surface area is 155 Å². The second kappa shape index (κ2) is 8.92. The molecule has 0 bridgehead atoms. The largest absolute Gasteiger partial charge is 0.381 e. The van der Waals surface area contributed by atoms with Gasteiger partial charge in [-0.15, -0.1) is 0 Å². The molecule has 7 nitrogen and oxygen atoms in total. The Balaban J connectivity index is 1.51. The number of piperidine rings is 1. The summed E-state index contributed by atoms with van der Waals surface area (Å²) < 4.78 is 32.7. The van der Waals surface area contributed by atoms with Gasteiger partial charge in [0.05, 0.1) is 18.0 Å². The molecule has 2 aliphatic heterocycles. The van der Waals surface area contributed by atoms with Crippen LogP contribution >= 0.6 is 0 Å². The molecule has 1 aromatic rings. The summed E-state index contributed by atoms with van der Waals surface area (Å²) in [6.07, 6.45) is 4.87. The van der Waals surface area contributed by atoms with Crippen LogP contribution in [0.25, 0.3) is 0 Å². The third-order valence-electron chi connectivity index (χ3n) is 5.06. The molecule has 3 rings (SSSR count). The smallest absolute Gasteiger partial charge is 0.225 e. The molecule has 3 heterocycles. The highest BCUT2D eigenvalue weighted by molar-refractivity contribution is 7.89. The zero-order valence-corrected chi connectivity index (χ0v) is 15.8. The topological polar surface area (TPSA) is 88.6 Å². The van der Waals surface area contributed by atoms with Gasteiger partial charge < -0.3 is 9.64 Å². The average Bonchev–Trinajstić information content (AvgIpc) is 2.67. The van der Waals surface area contributed by atoms with Crippen LogP contribution in [0.2, 0.25) is 0 Å². The number of pyridine rings is 1. The molecule has 26 heavy (non-hydrogen) atoms. The van der Waals surface area contributed by atoms with E-state index in [1.54, 1.807) is 18.3 Å². The maximum Gasteiger partial charge on any atom is 0.225 e. The maximum atomic E-state index is 12.7. The van der Waals surface area contributed by atoms with Gasteiger partial charge in [-0.25, -0.2) is 13.1 Å². The minimum absolute atomic E-state index is 0.0197. The first-order valence-corrected chi connectivity index (χ1v) is 10.9. The number of hydrogen-bond donors (Lipinski definition) is 1. The van der Waals surface area contributed by atoms with Crippen LogP contribution < -0.4 is 4.72 Å². The maximum absolute atomic E-state index is 12.7. The summed E-state index contributed by atoms with van der Waals surface area (Å²) in [6, 6.07) is 5.42. The van der Waals surface area contributed by atoms with E-state index in [1.165, 1.54) is 0 Å². The van der Waals surface area contributed by atoms with Crippen molar-refractivity contribution in [2.75, 3.05) is 32.1 Å². The van der Waals surface area contributed by atoms with Crippen LogP contribution in [-0.2, 0) is 26.1 Å². The van der Waals surface area contributed by atoms with Gasteiger partial charge in [-0.2, -0.15) is 0 Å². The SMILES string of the molecule is O=C(C1CCOCC1)N1CCCC(CS(=O)(=O)NCc2ccccn2)C1. The Morgan fingerprint density at radius 3 is 2.81 bits per heavy atom. The van der Waals surface area contributed by atoms with Crippen molar-refractivity contribution in [2.45, 2.75) is 32.2 Å². The van der Waals surface area contributed by atoms with Gasteiger partial charge in [0.15, 0.2) is 0 Å². The van der Waals surface area contributed by atoms with Gasteiger partial charge in [-0.05, 0) is 43.7 Å². The normalized spacial score (nSPS) is 22.3. The molecular formula is C18H27N3O4S. The standard InChI is InChI=1S/C18H27N3O4S/c22-18(16-6-10-25-11-7-16)21-9-3-4-15(13-21)14-26(23,24)20-12-17-5-1-2-8-19-17/h1-2,5,8,15-16,20H,3-4,6-7,9-14H2. The molecule has 1 aromatic heterocycles. The average molecular weight is 381 g/mol. The molecule has 1 amide bonds. The summed E-state index contributed by atoms with van der Waals surface area (Å²) in [7, 11) is -3.40. The molecule has 0 radical (unpaired) electrons. The van der Waals surface area contributed by atoms with Crippen molar-refractivity contribution in [3.63, 3.8) is 0 Å². The van der Waals surface area contributed by atoms with E-state index in [1.807, 2.05) is 11.0 Å². The van der Waals surface area contributed by atoms with Crippen molar-refractivity contribution in [1.29, 1.82) is 0 Å². The fourth-order valence-corrected chi connectivity index (χ4v) is 5.04. The molecule has 2 fully saturated rings. The number of nitrogens with zero attached hydrogens (tertiary/aromatic N) is 2. The van der Waals surface area contributed by atoms with Crippen LogP contribution in [0.5, 0.6) is 0 Å². The Hall–Kier alpha value is -1.51. The molecule has 0 aromatic carbocycles. The van der Waals surface area contributed by atoms with Gasteiger partial charge >= 0.3 is 0 Å². The van der Waals surface area contributed by atoms with Crippen LogP contribution in [0.15, 0.2) is 24.4 Å². The zero-order valence-electron chi connectivity index (χ0n) is 15.0. The van der Waals surface area contributed by atoms with Crippen LogP contribution in [-0.4, -0.2) is 56.3 Å². The van der Waals surface area contributed by atoms with E-state index < -0.39 is 10.0 Å². The summed E-state index contributed by atoms with van der Waals surface area (Å²) in [5.41, 5.74) is 0.691. The molecule has 0 aliphatic carbocycles. The second-order valence-electron chi connectivity index (χ2n) is 7.10. The first-order chi connectivity index (χ1) is 12.5. The fourth-order valence-electron chi connectivity index (χ4n) is 3.66. The van der Waals surface area contributed by atoms with Crippen molar-refractivity contribution >= 4 is 15.9 Å². The third-order valence-corrected chi connectivity index (χ3v) is 6.55. The quantitative estimate of drug-likeness (QED) is 0.799. The van der Waals surface area contributed by atoms with Crippen LogP contribution in [0, 0.1) is 11.8 Å². The first kappa shape index (κ1) is 19.3. The molecule has 0 saturated carbocycles. The predicted molar refractivity (Wildman–Crippen MR) is 97.7 cm³/mol. The summed E-state index contributed by atoms with van der Waals surface area (Å²) in [4.78, 5) is 18.7. The first-order valence-electron chi connectivity index (χ1n) is 9.27. The minimum atomic E-state index is -3.40. The van der Waals surface area contributed by atoms with Crippen LogP contribution in [0.4, 0.5) is 0 Å². The lowest BCUT2D eigenvalue weighted by atomic mass is 9.95. The number of carbonyl (C=O) groups excluding carboxylic acids is 1. The highest BCUT2D eigenvalue weighted by Gasteiger charge is 2.31. The van der Waals surface area contributed by atoms with Crippen molar-refractivity contribution in [1.82, 2.24) is 14.6 Å². The highest BCUT2D eigenvalue weighted by atomic mass is 32.2. The van der Waals surface area contributed by atoms with Gasteiger partial charge in [-0.3, -0.25) is 9.78 Å². The van der Waals surface area contributed by atoms with E-state index in [2.05, 4.69) is 9.71 Å². The van der Waals surface area contributed by atoms with Gasteiger partial charge in [0.1, 0.15) is 0 Å². The number of likely N-dealkylation sites (tertiary alicyclic amines) is 1. The molecule has 1 unspecified atom stereocenters. The summed E-state index contributed by atoms with van der Waals surface area (Å²) >= 11 is 0. The molecule has 0 spiro atoms. The van der Waals surface area contributed by atoms with E-state index in [0.29, 0.717) is 25.5 Å². The van der Waals surface area contributed by atoms with Gasteiger partial charge in [0.25, 0.3) is 0 Å².